The second-order valence-corrected chi connectivity index (χ2v) is 6.30. The van der Waals surface area contributed by atoms with E-state index in [2.05, 4.69) is 36.5 Å². The molecular weight excluding hydrogens is 262 g/mol. The van der Waals surface area contributed by atoms with Crippen LogP contribution in [0.25, 0.3) is 0 Å². The van der Waals surface area contributed by atoms with Crippen LogP contribution in [-0.4, -0.2) is 31.9 Å². The summed E-state index contributed by atoms with van der Waals surface area (Å²) in [6.45, 7) is 9.42. The SMILES string of the molecule is CC(C)OCCOCc1ccc(C(C)CNC2CC2)cc1. The molecule has 1 N–H and O–H groups in total. The van der Waals surface area contributed by atoms with Crippen LogP contribution in [0.15, 0.2) is 24.3 Å². The number of hydrogen-bond acceptors (Lipinski definition) is 3. The zero-order valence-corrected chi connectivity index (χ0v) is 13.6. The van der Waals surface area contributed by atoms with Crippen molar-refractivity contribution in [3.63, 3.8) is 0 Å². The quantitative estimate of drug-likeness (QED) is 0.669. The molecule has 1 fully saturated rings. The lowest BCUT2D eigenvalue weighted by Gasteiger charge is -2.13. The summed E-state index contributed by atoms with van der Waals surface area (Å²) in [7, 11) is 0. The Kier molecular flexibility index (Phi) is 6.68. The highest BCUT2D eigenvalue weighted by molar-refractivity contribution is 5.25. The van der Waals surface area contributed by atoms with Gasteiger partial charge in [0.05, 0.1) is 25.9 Å². The molecule has 1 aliphatic carbocycles. The Hall–Kier alpha value is -0.900. The van der Waals surface area contributed by atoms with Crippen LogP contribution < -0.4 is 5.32 Å². The topological polar surface area (TPSA) is 30.5 Å². The maximum absolute atomic E-state index is 5.62. The third-order valence-corrected chi connectivity index (χ3v) is 3.79. The molecule has 1 aromatic carbocycles. The largest absolute Gasteiger partial charge is 0.376 e. The van der Waals surface area contributed by atoms with E-state index < -0.39 is 0 Å². The minimum atomic E-state index is 0.276. The smallest absolute Gasteiger partial charge is 0.0718 e. The van der Waals surface area contributed by atoms with E-state index in [-0.39, 0.29) is 6.10 Å². The van der Waals surface area contributed by atoms with Crippen LogP contribution in [0.2, 0.25) is 0 Å². The average Bonchev–Trinajstić information content (AvgIpc) is 3.29. The highest BCUT2D eigenvalue weighted by Crippen LogP contribution is 2.21. The van der Waals surface area contributed by atoms with Crippen molar-refractivity contribution in [2.45, 2.75) is 58.3 Å². The molecule has 0 aliphatic heterocycles. The van der Waals surface area contributed by atoms with E-state index in [1.165, 1.54) is 24.0 Å². The highest BCUT2D eigenvalue weighted by Gasteiger charge is 2.21. The van der Waals surface area contributed by atoms with Crippen molar-refractivity contribution < 1.29 is 9.47 Å². The molecule has 0 radical (unpaired) electrons. The predicted molar refractivity (Wildman–Crippen MR) is 86.6 cm³/mol. The van der Waals surface area contributed by atoms with Crippen LogP contribution in [0.3, 0.4) is 0 Å². The maximum Gasteiger partial charge on any atom is 0.0718 e. The first-order valence-electron chi connectivity index (χ1n) is 8.16. The molecule has 0 bridgehead atoms. The van der Waals surface area contributed by atoms with Crippen LogP contribution in [0, 0.1) is 0 Å². The number of rotatable bonds is 10. The minimum absolute atomic E-state index is 0.276. The summed E-state index contributed by atoms with van der Waals surface area (Å²) in [6.07, 6.45) is 2.98. The zero-order valence-electron chi connectivity index (χ0n) is 13.6. The Morgan fingerprint density at radius 3 is 2.43 bits per heavy atom. The lowest BCUT2D eigenvalue weighted by Crippen LogP contribution is -2.22. The first-order chi connectivity index (χ1) is 10.1. The Morgan fingerprint density at radius 1 is 1.10 bits per heavy atom. The van der Waals surface area contributed by atoms with Crippen LogP contribution in [-0.2, 0) is 16.1 Å². The zero-order chi connectivity index (χ0) is 15.1. The molecule has 21 heavy (non-hydrogen) atoms. The molecular formula is C18H29NO2. The van der Waals surface area contributed by atoms with Crippen LogP contribution >= 0.6 is 0 Å². The first kappa shape index (κ1) is 16.5. The molecule has 3 heteroatoms. The van der Waals surface area contributed by atoms with Gasteiger partial charge in [-0.15, -0.1) is 0 Å². The summed E-state index contributed by atoms with van der Waals surface area (Å²) in [5, 5.41) is 3.59. The Labute approximate surface area is 129 Å². The Bertz CT molecular complexity index is 398. The van der Waals surface area contributed by atoms with Crippen LogP contribution in [0.1, 0.15) is 50.7 Å². The van der Waals surface area contributed by atoms with Gasteiger partial charge in [0, 0.05) is 12.6 Å². The molecule has 3 nitrogen and oxygen atoms in total. The maximum atomic E-state index is 5.62. The monoisotopic (exact) mass is 291 g/mol. The lowest BCUT2D eigenvalue weighted by atomic mass is 10.00. The van der Waals surface area contributed by atoms with Crippen LogP contribution in [0.5, 0.6) is 0 Å². The summed E-state index contributed by atoms with van der Waals surface area (Å²) < 4.78 is 11.1. The van der Waals surface area contributed by atoms with Gasteiger partial charge in [0.25, 0.3) is 0 Å². The molecule has 1 unspecified atom stereocenters. The first-order valence-corrected chi connectivity index (χ1v) is 8.16. The summed E-state index contributed by atoms with van der Waals surface area (Å²) in [5.41, 5.74) is 2.63. The van der Waals surface area contributed by atoms with E-state index in [1.54, 1.807) is 0 Å². The van der Waals surface area contributed by atoms with E-state index in [0.29, 0.717) is 25.7 Å². The summed E-state index contributed by atoms with van der Waals surface area (Å²) in [5.74, 6) is 0.569. The van der Waals surface area contributed by atoms with Gasteiger partial charge in [-0.3, -0.25) is 0 Å². The van der Waals surface area contributed by atoms with Gasteiger partial charge in [0.1, 0.15) is 0 Å². The average molecular weight is 291 g/mol. The second kappa shape index (κ2) is 8.52. The molecule has 0 saturated heterocycles. The van der Waals surface area contributed by atoms with Gasteiger partial charge in [0.15, 0.2) is 0 Å². The van der Waals surface area contributed by atoms with Crippen molar-refractivity contribution in [1.29, 1.82) is 0 Å². The molecule has 0 heterocycles. The fourth-order valence-corrected chi connectivity index (χ4v) is 2.22. The molecule has 1 atom stereocenters. The number of nitrogens with one attached hydrogen (secondary N) is 1. The van der Waals surface area contributed by atoms with Gasteiger partial charge in [-0.05, 0) is 43.7 Å². The third kappa shape index (κ3) is 6.60. The molecule has 1 aromatic rings. The molecule has 0 amide bonds. The van der Waals surface area contributed by atoms with Gasteiger partial charge in [0.2, 0.25) is 0 Å². The molecule has 118 valence electrons. The number of hydrogen-bond donors (Lipinski definition) is 1. The van der Waals surface area contributed by atoms with Gasteiger partial charge >= 0.3 is 0 Å². The molecule has 1 aliphatic rings. The molecule has 0 aromatic heterocycles. The van der Waals surface area contributed by atoms with Crippen molar-refractivity contribution in [2.75, 3.05) is 19.8 Å². The highest BCUT2D eigenvalue weighted by atomic mass is 16.5. The van der Waals surface area contributed by atoms with E-state index in [4.69, 9.17) is 9.47 Å². The Balaban J connectivity index is 1.65. The van der Waals surface area contributed by atoms with Gasteiger partial charge in [-0.2, -0.15) is 0 Å². The van der Waals surface area contributed by atoms with E-state index >= 15 is 0 Å². The fourth-order valence-electron chi connectivity index (χ4n) is 2.22. The fraction of sp³-hybridized carbons (Fsp3) is 0.667. The van der Waals surface area contributed by atoms with Gasteiger partial charge in [-0.1, -0.05) is 31.2 Å². The van der Waals surface area contributed by atoms with Crippen molar-refractivity contribution in [1.82, 2.24) is 5.32 Å². The molecule has 1 saturated carbocycles. The van der Waals surface area contributed by atoms with E-state index in [9.17, 15) is 0 Å². The van der Waals surface area contributed by atoms with Crippen LogP contribution in [0.4, 0.5) is 0 Å². The summed E-state index contributed by atoms with van der Waals surface area (Å²) in [4.78, 5) is 0. The second-order valence-electron chi connectivity index (χ2n) is 6.30. The number of benzene rings is 1. The van der Waals surface area contributed by atoms with E-state index in [0.717, 1.165) is 12.6 Å². The standard InChI is InChI=1S/C18H29NO2/c1-14(2)21-11-10-20-13-16-4-6-17(7-5-16)15(3)12-19-18-8-9-18/h4-7,14-15,18-19H,8-13H2,1-3H3. The summed E-state index contributed by atoms with van der Waals surface area (Å²) in [6, 6.07) is 9.58. The van der Waals surface area contributed by atoms with Crippen molar-refractivity contribution in [3.05, 3.63) is 35.4 Å². The minimum Gasteiger partial charge on any atom is -0.376 e. The van der Waals surface area contributed by atoms with Crippen molar-refractivity contribution in [2.24, 2.45) is 0 Å². The normalized spacial score (nSPS) is 16.4. The molecule has 2 rings (SSSR count). The van der Waals surface area contributed by atoms with Crippen molar-refractivity contribution in [3.8, 4) is 0 Å². The summed E-state index contributed by atoms with van der Waals surface area (Å²) >= 11 is 0. The lowest BCUT2D eigenvalue weighted by molar-refractivity contribution is 0.0143. The molecule has 0 spiro atoms. The van der Waals surface area contributed by atoms with Gasteiger partial charge < -0.3 is 14.8 Å². The third-order valence-electron chi connectivity index (χ3n) is 3.79. The van der Waals surface area contributed by atoms with Crippen molar-refractivity contribution >= 4 is 0 Å². The number of ether oxygens (including phenoxy) is 2. The predicted octanol–water partition coefficient (Wildman–Crippen LogP) is 3.48. The Morgan fingerprint density at radius 2 is 1.81 bits per heavy atom. The van der Waals surface area contributed by atoms with E-state index in [1.807, 2.05) is 13.8 Å². The van der Waals surface area contributed by atoms with Gasteiger partial charge in [-0.25, -0.2) is 0 Å².